The summed E-state index contributed by atoms with van der Waals surface area (Å²) < 4.78 is 13.3. The van der Waals surface area contributed by atoms with Crippen LogP contribution in [-0.2, 0) is 13.6 Å². The number of amides is 2. The van der Waals surface area contributed by atoms with Crippen molar-refractivity contribution < 1.29 is 14.3 Å². The first-order valence-electron chi connectivity index (χ1n) is 8.75. The maximum atomic E-state index is 12.3. The third-order valence-electron chi connectivity index (χ3n) is 4.31. The number of rotatable bonds is 5. The molecular formula is C19H19N5O4. The summed E-state index contributed by atoms with van der Waals surface area (Å²) in [5, 5.41) is 9.79. The standard InChI is InChI=1S/C19H19N5O4/c1-23-17(13-5-3-2-4-6-13)22-24(19(23)26)10-9-20-18(25)21-14-7-8-15-16(11-14)28-12-27-15/h2-8,11H,9-10,12H2,1H3,(H2,20,21,25). The molecule has 0 fully saturated rings. The number of urea groups is 1. The second-order valence-corrected chi connectivity index (χ2v) is 6.20. The number of nitrogens with one attached hydrogen (secondary N) is 2. The van der Waals surface area contributed by atoms with E-state index >= 15 is 0 Å². The molecule has 2 N–H and O–H groups in total. The molecule has 1 aliphatic heterocycles. The average Bonchev–Trinajstić information content (AvgIpc) is 3.28. The van der Waals surface area contributed by atoms with E-state index in [-0.39, 0.29) is 31.6 Å². The summed E-state index contributed by atoms with van der Waals surface area (Å²) in [5.41, 5.74) is 1.20. The summed E-state index contributed by atoms with van der Waals surface area (Å²) >= 11 is 0. The highest BCUT2D eigenvalue weighted by Crippen LogP contribution is 2.34. The zero-order valence-electron chi connectivity index (χ0n) is 15.2. The van der Waals surface area contributed by atoms with Crippen molar-refractivity contribution in [1.82, 2.24) is 19.7 Å². The van der Waals surface area contributed by atoms with Gasteiger partial charge in [0.15, 0.2) is 17.3 Å². The Labute approximate surface area is 160 Å². The second kappa shape index (κ2) is 7.47. The first-order chi connectivity index (χ1) is 13.6. The lowest BCUT2D eigenvalue weighted by atomic mass is 10.2. The van der Waals surface area contributed by atoms with Gasteiger partial charge in [0.1, 0.15) is 0 Å². The van der Waals surface area contributed by atoms with E-state index in [9.17, 15) is 9.59 Å². The van der Waals surface area contributed by atoms with E-state index in [1.165, 1.54) is 9.25 Å². The SMILES string of the molecule is Cn1c(-c2ccccc2)nn(CCNC(=O)Nc2ccc3c(c2)OCO3)c1=O. The van der Waals surface area contributed by atoms with Crippen molar-refractivity contribution >= 4 is 11.7 Å². The van der Waals surface area contributed by atoms with E-state index in [1.807, 2.05) is 30.3 Å². The highest BCUT2D eigenvalue weighted by Gasteiger charge is 2.14. The molecule has 2 amide bonds. The monoisotopic (exact) mass is 381 g/mol. The Morgan fingerprint density at radius 2 is 1.93 bits per heavy atom. The topological polar surface area (TPSA) is 99.4 Å². The zero-order chi connectivity index (χ0) is 19.5. The van der Waals surface area contributed by atoms with Crippen LogP contribution in [0.1, 0.15) is 0 Å². The van der Waals surface area contributed by atoms with Crippen LogP contribution in [0.3, 0.4) is 0 Å². The number of benzene rings is 2. The van der Waals surface area contributed by atoms with Crippen LogP contribution < -0.4 is 25.8 Å². The van der Waals surface area contributed by atoms with Gasteiger partial charge >= 0.3 is 11.7 Å². The van der Waals surface area contributed by atoms with Crippen LogP contribution in [0.4, 0.5) is 10.5 Å². The molecule has 4 rings (SSSR count). The number of hydrogen-bond donors (Lipinski definition) is 2. The molecule has 0 atom stereocenters. The Bertz CT molecular complexity index is 1060. The summed E-state index contributed by atoms with van der Waals surface area (Å²) in [4.78, 5) is 24.4. The van der Waals surface area contributed by atoms with Gasteiger partial charge in [0.2, 0.25) is 6.79 Å². The lowest BCUT2D eigenvalue weighted by molar-refractivity contribution is 0.174. The molecule has 144 valence electrons. The minimum absolute atomic E-state index is 0.175. The summed E-state index contributed by atoms with van der Waals surface area (Å²) in [7, 11) is 1.67. The number of carbonyl (C=O) groups is 1. The summed E-state index contributed by atoms with van der Waals surface area (Å²) in [6, 6.07) is 14.2. The van der Waals surface area contributed by atoms with Crippen LogP contribution in [0.2, 0.25) is 0 Å². The van der Waals surface area contributed by atoms with Crippen LogP contribution in [-0.4, -0.2) is 33.7 Å². The van der Waals surface area contributed by atoms with E-state index in [0.717, 1.165) is 5.56 Å². The molecule has 0 radical (unpaired) electrons. The fourth-order valence-corrected chi connectivity index (χ4v) is 2.90. The van der Waals surface area contributed by atoms with E-state index in [4.69, 9.17) is 9.47 Å². The second-order valence-electron chi connectivity index (χ2n) is 6.20. The van der Waals surface area contributed by atoms with Gasteiger partial charge < -0.3 is 20.1 Å². The van der Waals surface area contributed by atoms with Gasteiger partial charge in [0.25, 0.3) is 0 Å². The van der Waals surface area contributed by atoms with Crippen molar-refractivity contribution in [3.63, 3.8) is 0 Å². The van der Waals surface area contributed by atoms with Crippen molar-refractivity contribution in [2.45, 2.75) is 6.54 Å². The first-order valence-corrected chi connectivity index (χ1v) is 8.75. The fraction of sp³-hybridized carbons (Fsp3) is 0.211. The number of hydrogen-bond acceptors (Lipinski definition) is 5. The van der Waals surface area contributed by atoms with E-state index in [2.05, 4.69) is 15.7 Å². The maximum absolute atomic E-state index is 12.3. The minimum Gasteiger partial charge on any atom is -0.454 e. The predicted octanol–water partition coefficient (Wildman–Crippen LogP) is 1.80. The molecule has 0 spiro atoms. The molecule has 0 saturated heterocycles. The Morgan fingerprint density at radius 1 is 1.14 bits per heavy atom. The molecule has 0 unspecified atom stereocenters. The van der Waals surface area contributed by atoms with E-state index in [1.54, 1.807) is 25.2 Å². The Kier molecular flexibility index (Phi) is 4.71. The quantitative estimate of drug-likeness (QED) is 0.702. The van der Waals surface area contributed by atoms with E-state index in [0.29, 0.717) is 23.0 Å². The van der Waals surface area contributed by atoms with Crippen LogP contribution in [0.5, 0.6) is 11.5 Å². The normalized spacial score (nSPS) is 12.0. The molecule has 9 nitrogen and oxygen atoms in total. The Hall–Kier alpha value is -3.75. The smallest absolute Gasteiger partial charge is 0.345 e. The van der Waals surface area contributed by atoms with Crippen LogP contribution in [0, 0.1) is 0 Å². The van der Waals surface area contributed by atoms with Crippen molar-refractivity contribution in [3.05, 3.63) is 59.0 Å². The molecule has 2 heterocycles. The molecule has 1 aliphatic rings. The minimum atomic E-state index is -0.383. The molecule has 9 heteroatoms. The van der Waals surface area contributed by atoms with Gasteiger partial charge in [-0.05, 0) is 12.1 Å². The predicted molar refractivity (Wildman–Crippen MR) is 102 cm³/mol. The van der Waals surface area contributed by atoms with Crippen molar-refractivity contribution in [3.8, 4) is 22.9 Å². The van der Waals surface area contributed by atoms with Gasteiger partial charge in [-0.15, -0.1) is 5.10 Å². The average molecular weight is 381 g/mol. The molecular weight excluding hydrogens is 362 g/mol. The van der Waals surface area contributed by atoms with Gasteiger partial charge in [-0.3, -0.25) is 4.57 Å². The van der Waals surface area contributed by atoms with Crippen molar-refractivity contribution in [2.75, 3.05) is 18.7 Å². The molecule has 28 heavy (non-hydrogen) atoms. The third-order valence-corrected chi connectivity index (χ3v) is 4.31. The number of carbonyl (C=O) groups excluding carboxylic acids is 1. The van der Waals surface area contributed by atoms with Crippen LogP contribution in [0.25, 0.3) is 11.4 Å². The van der Waals surface area contributed by atoms with Crippen LogP contribution in [0.15, 0.2) is 53.3 Å². The van der Waals surface area contributed by atoms with Crippen molar-refractivity contribution in [2.24, 2.45) is 7.05 Å². The number of aromatic nitrogens is 3. The lowest BCUT2D eigenvalue weighted by Gasteiger charge is -2.08. The first kappa shape index (κ1) is 17.7. The van der Waals surface area contributed by atoms with Gasteiger partial charge in [0.05, 0.1) is 6.54 Å². The molecule has 1 aromatic heterocycles. The van der Waals surface area contributed by atoms with Gasteiger partial charge in [-0.25, -0.2) is 14.3 Å². The summed E-state index contributed by atoms with van der Waals surface area (Å²) in [6.45, 7) is 0.685. The molecule has 0 saturated carbocycles. The highest BCUT2D eigenvalue weighted by atomic mass is 16.7. The number of fused-ring (bicyclic) bond motifs is 1. The van der Waals surface area contributed by atoms with Gasteiger partial charge in [-0.1, -0.05) is 30.3 Å². The number of anilines is 1. The lowest BCUT2D eigenvalue weighted by Crippen LogP contribution is -2.34. The number of ether oxygens (including phenoxy) is 2. The van der Waals surface area contributed by atoms with E-state index < -0.39 is 0 Å². The van der Waals surface area contributed by atoms with Crippen LogP contribution >= 0.6 is 0 Å². The molecule has 2 aromatic carbocycles. The van der Waals surface area contributed by atoms with Gasteiger partial charge in [0, 0.05) is 30.9 Å². The Morgan fingerprint density at radius 3 is 2.75 bits per heavy atom. The zero-order valence-corrected chi connectivity index (χ0v) is 15.2. The summed E-state index contributed by atoms with van der Waals surface area (Å²) in [5.74, 6) is 1.82. The molecule has 0 aliphatic carbocycles. The maximum Gasteiger partial charge on any atom is 0.345 e. The third kappa shape index (κ3) is 3.54. The number of nitrogens with zero attached hydrogens (tertiary/aromatic N) is 3. The fourth-order valence-electron chi connectivity index (χ4n) is 2.90. The van der Waals surface area contributed by atoms with Crippen molar-refractivity contribution in [1.29, 1.82) is 0 Å². The van der Waals surface area contributed by atoms with Gasteiger partial charge in [-0.2, -0.15) is 0 Å². The largest absolute Gasteiger partial charge is 0.454 e. The highest BCUT2D eigenvalue weighted by molar-refractivity contribution is 5.89. The summed E-state index contributed by atoms with van der Waals surface area (Å²) in [6.07, 6.45) is 0. The Balaban J connectivity index is 1.35. The molecule has 0 bridgehead atoms. The molecule has 3 aromatic rings.